The lowest BCUT2D eigenvalue weighted by Crippen LogP contribution is -3.00. The first-order valence-electron chi connectivity index (χ1n) is 5.61. The fraction of sp³-hybridized carbons (Fsp3) is 0.143. The van der Waals surface area contributed by atoms with Crippen molar-refractivity contribution in [2.45, 2.75) is 6.54 Å². The van der Waals surface area contributed by atoms with Gasteiger partial charge in [-0.15, -0.1) is 0 Å². The van der Waals surface area contributed by atoms with E-state index >= 15 is 0 Å². The van der Waals surface area contributed by atoms with Gasteiger partial charge in [-0.3, -0.25) is 0 Å². The van der Waals surface area contributed by atoms with Gasteiger partial charge in [-0.1, -0.05) is 5.16 Å². The third kappa shape index (κ3) is 4.26. The third-order valence-electron chi connectivity index (χ3n) is 2.61. The number of ether oxygens (including phenoxy) is 1. The van der Waals surface area contributed by atoms with Gasteiger partial charge in [0.05, 0.1) is 18.9 Å². The molecule has 5 heteroatoms. The Bertz CT molecular complexity index is 541. The van der Waals surface area contributed by atoms with E-state index in [1.54, 1.807) is 7.11 Å². The summed E-state index contributed by atoms with van der Waals surface area (Å²) in [5, 5.41) is 11.5. The highest BCUT2D eigenvalue weighted by Gasteiger charge is 2.03. The Labute approximate surface area is 118 Å². The van der Waals surface area contributed by atoms with Gasteiger partial charge in [-0.2, -0.15) is 0 Å². The number of nitrogens with zero attached hydrogens (tertiary/aromatic N) is 2. The molecule has 0 saturated heterocycles. The minimum atomic E-state index is 0. The molecular weight excluding hydrogens is 264 g/mol. The van der Waals surface area contributed by atoms with Gasteiger partial charge in [-0.25, -0.2) is 4.57 Å². The largest absolute Gasteiger partial charge is 1.00 e. The summed E-state index contributed by atoms with van der Waals surface area (Å²) in [4.78, 5) is 0. The summed E-state index contributed by atoms with van der Waals surface area (Å²) in [7, 11) is 1.65. The highest BCUT2D eigenvalue weighted by atomic mass is 35.5. The summed E-state index contributed by atoms with van der Waals surface area (Å²) in [6.07, 6.45) is 5.30. The Balaban J connectivity index is 0.00000180. The van der Waals surface area contributed by atoms with Crippen molar-refractivity contribution in [3.8, 4) is 5.75 Å². The van der Waals surface area contributed by atoms with Gasteiger partial charge in [-0.05, 0) is 30.3 Å². The molecule has 1 aromatic carbocycles. The normalized spacial score (nSPS) is 10.2. The van der Waals surface area contributed by atoms with Crippen LogP contribution in [0.15, 0.2) is 53.9 Å². The van der Waals surface area contributed by atoms with E-state index in [1.165, 1.54) is 11.8 Å². The molecule has 1 heterocycles. The average molecular weight is 279 g/mol. The second-order valence-corrected chi connectivity index (χ2v) is 3.90. The number of rotatable bonds is 4. The van der Waals surface area contributed by atoms with Crippen LogP contribution in [0.4, 0.5) is 0 Å². The monoisotopic (exact) mass is 278 g/mol. The Morgan fingerprint density at radius 3 is 2.63 bits per heavy atom. The zero-order chi connectivity index (χ0) is 12.8. The second kappa shape index (κ2) is 7.38. The van der Waals surface area contributed by atoms with Crippen molar-refractivity contribution in [1.29, 1.82) is 0 Å². The maximum atomic E-state index is 8.50. The molecule has 0 saturated carbocycles. The molecule has 0 radical (unpaired) electrons. The van der Waals surface area contributed by atoms with E-state index in [1.807, 2.05) is 53.4 Å². The van der Waals surface area contributed by atoms with Crippen molar-refractivity contribution in [3.05, 3.63) is 59.9 Å². The fourth-order valence-electron chi connectivity index (χ4n) is 1.73. The maximum Gasteiger partial charge on any atom is 0.178 e. The first-order valence-corrected chi connectivity index (χ1v) is 5.61. The van der Waals surface area contributed by atoms with Crippen LogP contribution in [-0.4, -0.2) is 18.5 Å². The standard InChI is InChI=1S/C14H14N2O2.ClH/c1-18-14-6-4-12(5-7-14)10-16-8-2-3-13(11-16)9-15-17;/h2-9,11H,10H2,1H3;1H/b15-9+;. The number of hydrogen-bond donors (Lipinski definition) is 1. The molecule has 2 rings (SSSR count). The molecule has 0 aliphatic heterocycles. The number of benzene rings is 1. The quantitative estimate of drug-likeness (QED) is 0.332. The van der Waals surface area contributed by atoms with Gasteiger partial charge in [0.1, 0.15) is 5.75 Å². The van der Waals surface area contributed by atoms with Crippen molar-refractivity contribution < 1.29 is 26.9 Å². The molecule has 4 nitrogen and oxygen atoms in total. The van der Waals surface area contributed by atoms with Crippen LogP contribution in [-0.2, 0) is 6.54 Å². The van der Waals surface area contributed by atoms with E-state index in [4.69, 9.17) is 9.94 Å². The van der Waals surface area contributed by atoms with Gasteiger partial charge < -0.3 is 22.4 Å². The first-order chi connectivity index (χ1) is 8.81. The minimum Gasteiger partial charge on any atom is -1.00 e. The number of pyridine rings is 1. The molecule has 100 valence electrons. The fourth-order valence-corrected chi connectivity index (χ4v) is 1.73. The van der Waals surface area contributed by atoms with Gasteiger partial charge >= 0.3 is 0 Å². The van der Waals surface area contributed by atoms with E-state index in [2.05, 4.69) is 5.16 Å². The van der Waals surface area contributed by atoms with Crippen LogP contribution in [0.2, 0.25) is 0 Å². The minimum absolute atomic E-state index is 0. The smallest absolute Gasteiger partial charge is 0.178 e. The summed E-state index contributed by atoms with van der Waals surface area (Å²) in [5.41, 5.74) is 2.03. The lowest BCUT2D eigenvalue weighted by atomic mass is 10.2. The maximum absolute atomic E-state index is 8.50. The van der Waals surface area contributed by atoms with E-state index < -0.39 is 0 Å². The molecule has 0 aliphatic carbocycles. The average Bonchev–Trinajstić information content (AvgIpc) is 2.40. The molecule has 19 heavy (non-hydrogen) atoms. The van der Waals surface area contributed by atoms with E-state index in [0.717, 1.165) is 17.9 Å². The van der Waals surface area contributed by atoms with Gasteiger partial charge in [0.25, 0.3) is 0 Å². The lowest BCUT2D eigenvalue weighted by molar-refractivity contribution is -0.688. The Hall–Kier alpha value is -2.07. The molecule has 0 amide bonds. The van der Waals surface area contributed by atoms with Crippen LogP contribution in [0.3, 0.4) is 0 Å². The van der Waals surface area contributed by atoms with Crippen molar-refractivity contribution in [3.63, 3.8) is 0 Å². The summed E-state index contributed by atoms with van der Waals surface area (Å²) in [6, 6.07) is 11.7. The van der Waals surface area contributed by atoms with Crippen LogP contribution in [0, 0.1) is 0 Å². The molecule has 1 aromatic heterocycles. The predicted octanol–water partition coefficient (Wildman–Crippen LogP) is -1.16. The molecule has 0 unspecified atom stereocenters. The number of methoxy groups -OCH3 is 1. The summed E-state index contributed by atoms with van der Waals surface area (Å²) in [5.74, 6) is 0.852. The molecule has 0 spiro atoms. The zero-order valence-electron chi connectivity index (χ0n) is 10.5. The van der Waals surface area contributed by atoms with Crippen molar-refractivity contribution in [2.75, 3.05) is 7.11 Å². The molecular formula is C14H15ClN2O2. The van der Waals surface area contributed by atoms with Crippen LogP contribution in [0.1, 0.15) is 11.1 Å². The molecule has 2 aromatic rings. The Morgan fingerprint density at radius 1 is 1.26 bits per heavy atom. The van der Waals surface area contributed by atoms with Crippen LogP contribution >= 0.6 is 0 Å². The van der Waals surface area contributed by atoms with Crippen molar-refractivity contribution in [2.24, 2.45) is 5.16 Å². The molecule has 0 atom stereocenters. The van der Waals surface area contributed by atoms with Crippen molar-refractivity contribution in [1.82, 2.24) is 0 Å². The van der Waals surface area contributed by atoms with Crippen LogP contribution in [0.25, 0.3) is 0 Å². The first kappa shape index (κ1) is 15.0. The van der Waals surface area contributed by atoms with E-state index in [-0.39, 0.29) is 12.4 Å². The highest BCUT2D eigenvalue weighted by Crippen LogP contribution is 2.10. The Morgan fingerprint density at radius 2 is 2.00 bits per heavy atom. The topological polar surface area (TPSA) is 45.7 Å². The second-order valence-electron chi connectivity index (χ2n) is 3.90. The molecule has 0 fully saturated rings. The van der Waals surface area contributed by atoms with Gasteiger partial charge in [0.15, 0.2) is 18.9 Å². The van der Waals surface area contributed by atoms with Crippen LogP contribution < -0.4 is 21.7 Å². The third-order valence-corrected chi connectivity index (χ3v) is 2.61. The molecule has 0 bridgehead atoms. The van der Waals surface area contributed by atoms with E-state index in [9.17, 15) is 0 Å². The molecule has 0 aliphatic rings. The predicted molar refractivity (Wildman–Crippen MR) is 68.1 cm³/mol. The van der Waals surface area contributed by atoms with E-state index in [0.29, 0.717) is 0 Å². The highest BCUT2D eigenvalue weighted by molar-refractivity contribution is 5.77. The number of aromatic nitrogens is 1. The lowest BCUT2D eigenvalue weighted by Gasteiger charge is -2.01. The number of halogens is 1. The van der Waals surface area contributed by atoms with Crippen LogP contribution in [0.5, 0.6) is 5.75 Å². The zero-order valence-corrected chi connectivity index (χ0v) is 11.3. The number of hydrogen-bond acceptors (Lipinski definition) is 3. The SMILES string of the molecule is COc1ccc(C[n+]2cccc(/C=N/O)c2)cc1.[Cl-]. The molecule has 1 N–H and O–H groups in total. The Kier molecular flexibility index (Phi) is 5.82. The summed E-state index contributed by atoms with van der Waals surface area (Å²) < 4.78 is 7.15. The summed E-state index contributed by atoms with van der Waals surface area (Å²) >= 11 is 0. The van der Waals surface area contributed by atoms with Crippen molar-refractivity contribution >= 4 is 6.21 Å². The van der Waals surface area contributed by atoms with Gasteiger partial charge in [0, 0.05) is 11.6 Å². The van der Waals surface area contributed by atoms with Gasteiger partial charge in [0.2, 0.25) is 0 Å². The summed E-state index contributed by atoms with van der Waals surface area (Å²) in [6.45, 7) is 0.761. The number of oxime groups is 1.